The van der Waals surface area contributed by atoms with Crippen LogP contribution in [-0.4, -0.2) is 17.7 Å². The van der Waals surface area contributed by atoms with Gasteiger partial charge >= 0.3 is 18.1 Å². The Bertz CT molecular complexity index is 795. The van der Waals surface area contributed by atoms with E-state index in [1.54, 1.807) is 6.92 Å². The van der Waals surface area contributed by atoms with Gasteiger partial charge in [-0.1, -0.05) is 18.2 Å². The number of carbonyl (C=O) groups excluding carboxylic acids is 2. The highest BCUT2D eigenvalue weighted by molar-refractivity contribution is 7.14. The summed E-state index contributed by atoms with van der Waals surface area (Å²) in [6, 6.07) is 6.67. The van der Waals surface area contributed by atoms with Gasteiger partial charge in [0.15, 0.2) is 0 Å². The van der Waals surface area contributed by atoms with E-state index in [0.29, 0.717) is 4.88 Å². The van der Waals surface area contributed by atoms with Gasteiger partial charge < -0.3 is 4.74 Å². The lowest BCUT2D eigenvalue weighted by molar-refractivity contribution is -0.167. The van der Waals surface area contributed by atoms with Gasteiger partial charge in [0.05, 0.1) is 10.4 Å². The summed E-state index contributed by atoms with van der Waals surface area (Å²) >= 11 is 0.774. The van der Waals surface area contributed by atoms with Crippen LogP contribution in [-0.2, 0) is 22.3 Å². The largest absolute Gasteiger partial charge is 0.456 e. The third-order valence-corrected chi connectivity index (χ3v) is 4.19. The number of thiophene rings is 1. The monoisotopic (exact) mass is 378 g/mol. The number of aryl methyl sites for hydroxylation is 1. The lowest BCUT2D eigenvalue weighted by atomic mass is 10.1. The Morgan fingerprint density at radius 2 is 1.68 bits per heavy atom. The van der Waals surface area contributed by atoms with Crippen LogP contribution < -0.4 is 0 Å². The van der Waals surface area contributed by atoms with E-state index in [2.05, 4.69) is 4.74 Å². The Balaban J connectivity index is 2.13. The lowest BCUT2D eigenvalue weighted by Gasteiger charge is -2.15. The molecule has 1 aromatic heterocycles. The molecule has 0 aliphatic heterocycles. The van der Waals surface area contributed by atoms with Crippen molar-refractivity contribution in [1.29, 1.82) is 0 Å². The van der Waals surface area contributed by atoms with Crippen LogP contribution in [0.3, 0.4) is 0 Å². The first-order valence-corrected chi connectivity index (χ1v) is 7.66. The van der Waals surface area contributed by atoms with Crippen molar-refractivity contribution in [2.75, 3.05) is 0 Å². The highest BCUT2D eigenvalue weighted by Crippen LogP contribution is 2.33. The maximum Gasteiger partial charge on any atom is 0.416 e. The molecule has 1 aromatic carbocycles. The normalized spacial score (nSPS) is 12.1. The highest BCUT2D eigenvalue weighted by atomic mass is 32.1. The molecule has 0 bridgehead atoms. The SMILES string of the molecule is Cc1ccc(C(=O)C(F)(F)C(=O)OCc2ccccc2C(F)(F)F)s1. The fraction of sp³-hybridized carbons (Fsp3) is 0.250. The summed E-state index contributed by atoms with van der Waals surface area (Å²) in [6.07, 6.45) is -4.73. The molecule has 0 fully saturated rings. The molecule has 9 heteroatoms. The van der Waals surface area contributed by atoms with Crippen molar-refractivity contribution in [3.05, 3.63) is 57.3 Å². The van der Waals surface area contributed by atoms with E-state index in [4.69, 9.17) is 0 Å². The first-order chi connectivity index (χ1) is 11.5. The smallest absolute Gasteiger partial charge is 0.416 e. The lowest BCUT2D eigenvalue weighted by Crippen LogP contribution is -2.39. The van der Waals surface area contributed by atoms with Crippen LogP contribution in [0.15, 0.2) is 36.4 Å². The number of carbonyl (C=O) groups is 2. The number of Topliss-reactive ketones (excluding diaryl/α,β-unsaturated/α-hetero) is 1. The molecule has 0 saturated carbocycles. The quantitative estimate of drug-likeness (QED) is 0.330. The van der Waals surface area contributed by atoms with E-state index in [9.17, 15) is 31.5 Å². The summed E-state index contributed by atoms with van der Waals surface area (Å²) in [4.78, 5) is 23.5. The van der Waals surface area contributed by atoms with Crippen LogP contribution in [0.25, 0.3) is 0 Å². The predicted molar refractivity (Wildman–Crippen MR) is 79.6 cm³/mol. The molecule has 0 atom stereocenters. The second-order valence-electron chi connectivity index (χ2n) is 5.04. The van der Waals surface area contributed by atoms with Crippen molar-refractivity contribution in [2.24, 2.45) is 0 Å². The molecule has 2 rings (SSSR count). The third-order valence-electron chi connectivity index (χ3n) is 3.19. The number of rotatable bonds is 5. The third kappa shape index (κ3) is 4.22. The van der Waals surface area contributed by atoms with Gasteiger partial charge in [-0.2, -0.15) is 22.0 Å². The highest BCUT2D eigenvalue weighted by Gasteiger charge is 2.50. The molecule has 0 amide bonds. The number of alkyl halides is 5. The van der Waals surface area contributed by atoms with Gasteiger partial charge in [-0.15, -0.1) is 11.3 Å². The fourth-order valence-electron chi connectivity index (χ4n) is 1.96. The van der Waals surface area contributed by atoms with Crippen LogP contribution in [0.1, 0.15) is 25.7 Å². The van der Waals surface area contributed by atoms with Crippen molar-refractivity contribution in [3.63, 3.8) is 0 Å². The Morgan fingerprint density at radius 1 is 1.04 bits per heavy atom. The Labute approximate surface area is 143 Å². The number of esters is 1. The minimum atomic E-state index is -4.73. The van der Waals surface area contributed by atoms with E-state index in [1.807, 2.05) is 0 Å². The summed E-state index contributed by atoms with van der Waals surface area (Å²) in [5.74, 6) is -8.43. The molecule has 0 saturated heterocycles. The van der Waals surface area contributed by atoms with Gasteiger partial charge in [0, 0.05) is 10.4 Å². The molecule has 2 aromatic rings. The van der Waals surface area contributed by atoms with E-state index in [0.717, 1.165) is 35.6 Å². The Hall–Kier alpha value is -2.29. The number of hydrogen-bond acceptors (Lipinski definition) is 4. The maximum absolute atomic E-state index is 13.9. The van der Waals surface area contributed by atoms with Gasteiger partial charge in [-0.25, -0.2) is 4.79 Å². The summed E-state index contributed by atoms with van der Waals surface area (Å²) in [6.45, 7) is 0.562. The first kappa shape index (κ1) is 19.0. The molecule has 1 heterocycles. The maximum atomic E-state index is 13.9. The summed E-state index contributed by atoms with van der Waals surface area (Å²) < 4.78 is 70.5. The zero-order chi connectivity index (χ0) is 18.8. The molecule has 0 aliphatic carbocycles. The Morgan fingerprint density at radius 3 is 2.24 bits per heavy atom. The van der Waals surface area contributed by atoms with Gasteiger partial charge in [-0.3, -0.25) is 4.79 Å². The van der Waals surface area contributed by atoms with Crippen LogP contribution in [0.5, 0.6) is 0 Å². The fourth-order valence-corrected chi connectivity index (χ4v) is 2.80. The predicted octanol–water partition coefficient (Wildman–Crippen LogP) is 4.64. The van der Waals surface area contributed by atoms with Gasteiger partial charge in [-0.05, 0) is 25.1 Å². The average Bonchev–Trinajstić information content (AvgIpc) is 2.97. The van der Waals surface area contributed by atoms with E-state index >= 15 is 0 Å². The summed E-state index contributed by atoms with van der Waals surface area (Å²) in [7, 11) is 0. The molecule has 3 nitrogen and oxygen atoms in total. The van der Waals surface area contributed by atoms with E-state index in [-0.39, 0.29) is 4.88 Å². The topological polar surface area (TPSA) is 43.4 Å². The van der Waals surface area contributed by atoms with Crippen LogP contribution in [0.4, 0.5) is 22.0 Å². The summed E-state index contributed by atoms with van der Waals surface area (Å²) in [5, 5.41) is 0. The molecule has 134 valence electrons. The van der Waals surface area contributed by atoms with Crippen LogP contribution in [0.2, 0.25) is 0 Å². The van der Waals surface area contributed by atoms with Gasteiger partial charge in [0.1, 0.15) is 6.61 Å². The molecule has 0 aliphatic rings. The number of ketones is 1. The van der Waals surface area contributed by atoms with Crippen molar-refractivity contribution in [1.82, 2.24) is 0 Å². The standard InChI is InChI=1S/C16H11F5O3S/c1-9-6-7-12(25-9)13(22)15(17,18)14(23)24-8-10-4-2-3-5-11(10)16(19,20)21/h2-7H,8H2,1H3. The molecule has 0 N–H and O–H groups in total. The number of halogens is 5. The number of hydrogen-bond donors (Lipinski definition) is 0. The minimum Gasteiger partial charge on any atom is -0.456 e. The molecule has 0 spiro atoms. The van der Waals surface area contributed by atoms with Crippen molar-refractivity contribution in [2.45, 2.75) is 25.6 Å². The number of benzene rings is 1. The average molecular weight is 378 g/mol. The second kappa shape index (κ2) is 6.91. The van der Waals surface area contributed by atoms with Gasteiger partial charge in [0.2, 0.25) is 0 Å². The second-order valence-corrected chi connectivity index (χ2v) is 6.33. The summed E-state index contributed by atoms with van der Waals surface area (Å²) in [5.41, 5.74) is -1.59. The van der Waals surface area contributed by atoms with E-state index in [1.165, 1.54) is 12.1 Å². The Kier molecular flexibility index (Phi) is 5.26. The van der Waals surface area contributed by atoms with Crippen molar-refractivity contribution in [3.8, 4) is 0 Å². The van der Waals surface area contributed by atoms with E-state index < -0.39 is 41.6 Å². The molecule has 25 heavy (non-hydrogen) atoms. The molecular weight excluding hydrogens is 367 g/mol. The van der Waals surface area contributed by atoms with Crippen LogP contribution >= 0.6 is 11.3 Å². The number of ether oxygens (including phenoxy) is 1. The molecular formula is C16H11F5O3S. The first-order valence-electron chi connectivity index (χ1n) is 6.85. The minimum absolute atomic E-state index is 0.338. The van der Waals surface area contributed by atoms with Crippen molar-refractivity contribution < 1.29 is 36.3 Å². The zero-order valence-electron chi connectivity index (χ0n) is 12.7. The molecule has 0 unspecified atom stereocenters. The van der Waals surface area contributed by atoms with Crippen LogP contribution in [0, 0.1) is 6.92 Å². The molecule has 0 radical (unpaired) electrons. The zero-order valence-corrected chi connectivity index (χ0v) is 13.5. The van der Waals surface area contributed by atoms with Crippen molar-refractivity contribution >= 4 is 23.1 Å². The van der Waals surface area contributed by atoms with Gasteiger partial charge in [0.25, 0.3) is 5.78 Å².